The molecular formula is C17H36O3. The second-order valence-corrected chi connectivity index (χ2v) is 5.74. The highest BCUT2D eigenvalue weighted by atomic mass is 16.5. The molecule has 3 nitrogen and oxygen atoms in total. The third-order valence-electron chi connectivity index (χ3n) is 3.79. The van der Waals surface area contributed by atoms with E-state index in [4.69, 9.17) is 4.74 Å². The zero-order chi connectivity index (χ0) is 15.1. The van der Waals surface area contributed by atoms with Crippen LogP contribution in [0, 0.1) is 0 Å². The Morgan fingerprint density at radius 2 is 1.20 bits per heavy atom. The molecule has 2 unspecified atom stereocenters. The second-order valence-electron chi connectivity index (χ2n) is 5.74. The smallest absolute Gasteiger partial charge is 0.0799 e. The van der Waals surface area contributed by atoms with Gasteiger partial charge < -0.3 is 14.9 Å². The van der Waals surface area contributed by atoms with Crippen LogP contribution in [0.4, 0.5) is 0 Å². The lowest BCUT2D eigenvalue weighted by molar-refractivity contribution is 0.00711. The maximum atomic E-state index is 9.88. The molecule has 0 bridgehead atoms. The van der Waals surface area contributed by atoms with Crippen molar-refractivity contribution in [2.24, 2.45) is 0 Å². The molecule has 2 N–H and O–H groups in total. The van der Waals surface area contributed by atoms with E-state index in [2.05, 4.69) is 6.92 Å². The number of hydrogen-bond donors (Lipinski definition) is 2. The van der Waals surface area contributed by atoms with Crippen molar-refractivity contribution in [3.8, 4) is 0 Å². The minimum atomic E-state index is -0.528. The maximum absolute atomic E-state index is 9.88. The fourth-order valence-electron chi connectivity index (χ4n) is 2.40. The van der Waals surface area contributed by atoms with Gasteiger partial charge in [-0.05, 0) is 26.2 Å². The van der Waals surface area contributed by atoms with E-state index >= 15 is 0 Å². The third kappa shape index (κ3) is 12.9. The Balaban J connectivity index is 3.31. The Morgan fingerprint density at radius 3 is 1.75 bits per heavy atom. The van der Waals surface area contributed by atoms with Crippen LogP contribution in [0.5, 0.6) is 0 Å². The van der Waals surface area contributed by atoms with Gasteiger partial charge in [-0.1, -0.05) is 58.3 Å². The summed E-state index contributed by atoms with van der Waals surface area (Å²) in [6.07, 6.45) is 10.8. The largest absolute Gasteiger partial charge is 0.390 e. The van der Waals surface area contributed by atoms with E-state index in [1.54, 1.807) is 0 Å². The van der Waals surface area contributed by atoms with E-state index in [0.717, 1.165) is 51.7 Å². The molecule has 0 aliphatic carbocycles. The van der Waals surface area contributed by atoms with Crippen molar-refractivity contribution in [3.63, 3.8) is 0 Å². The summed E-state index contributed by atoms with van der Waals surface area (Å²) in [6.45, 7) is 5.88. The molecule has 0 aliphatic rings. The molecule has 0 saturated heterocycles. The summed E-state index contributed by atoms with van der Waals surface area (Å²) in [4.78, 5) is 0. The fourth-order valence-corrected chi connectivity index (χ4v) is 2.40. The standard InChI is InChI=1S/C17H36O3/c1-3-5-6-10-13-16(18)17(19)14-11-8-7-9-12-15-20-4-2/h16-19H,3-15H2,1-2H3. The topological polar surface area (TPSA) is 49.7 Å². The lowest BCUT2D eigenvalue weighted by atomic mass is 10.0. The van der Waals surface area contributed by atoms with Gasteiger partial charge in [0.25, 0.3) is 0 Å². The van der Waals surface area contributed by atoms with Gasteiger partial charge in [-0.15, -0.1) is 0 Å². The molecule has 122 valence electrons. The van der Waals surface area contributed by atoms with Crippen LogP contribution in [0.25, 0.3) is 0 Å². The van der Waals surface area contributed by atoms with Gasteiger partial charge in [0.1, 0.15) is 0 Å². The average Bonchev–Trinajstić information content (AvgIpc) is 2.46. The average molecular weight is 288 g/mol. The molecule has 0 saturated carbocycles. The highest BCUT2D eigenvalue weighted by Gasteiger charge is 2.14. The van der Waals surface area contributed by atoms with Crippen molar-refractivity contribution in [1.82, 2.24) is 0 Å². The van der Waals surface area contributed by atoms with Crippen LogP contribution in [0.15, 0.2) is 0 Å². The first-order valence-electron chi connectivity index (χ1n) is 8.66. The Bertz CT molecular complexity index is 185. The van der Waals surface area contributed by atoms with Gasteiger partial charge >= 0.3 is 0 Å². The summed E-state index contributed by atoms with van der Waals surface area (Å²) in [6, 6.07) is 0. The van der Waals surface area contributed by atoms with Crippen molar-refractivity contribution in [1.29, 1.82) is 0 Å². The van der Waals surface area contributed by atoms with Gasteiger partial charge in [0.05, 0.1) is 12.2 Å². The summed E-state index contributed by atoms with van der Waals surface area (Å²) in [5, 5.41) is 19.7. The quantitative estimate of drug-likeness (QED) is 0.447. The molecule has 2 atom stereocenters. The molecule has 0 fully saturated rings. The molecular weight excluding hydrogens is 252 g/mol. The van der Waals surface area contributed by atoms with Crippen LogP contribution in [0.3, 0.4) is 0 Å². The van der Waals surface area contributed by atoms with Crippen molar-refractivity contribution in [3.05, 3.63) is 0 Å². The molecule has 0 amide bonds. The van der Waals surface area contributed by atoms with E-state index in [-0.39, 0.29) is 0 Å². The van der Waals surface area contributed by atoms with E-state index in [1.165, 1.54) is 32.1 Å². The lowest BCUT2D eigenvalue weighted by Crippen LogP contribution is -2.25. The predicted octanol–water partition coefficient (Wildman–Crippen LogP) is 4.06. The van der Waals surface area contributed by atoms with E-state index in [9.17, 15) is 10.2 Å². The molecule has 0 aromatic heterocycles. The number of hydrogen-bond acceptors (Lipinski definition) is 3. The van der Waals surface area contributed by atoms with Crippen LogP contribution in [0.1, 0.15) is 84.5 Å². The minimum absolute atomic E-state index is 0.523. The number of rotatable bonds is 15. The number of unbranched alkanes of at least 4 members (excludes halogenated alkanes) is 7. The third-order valence-corrected chi connectivity index (χ3v) is 3.79. The van der Waals surface area contributed by atoms with Crippen molar-refractivity contribution in [2.75, 3.05) is 13.2 Å². The van der Waals surface area contributed by atoms with Crippen LogP contribution < -0.4 is 0 Å². The summed E-state index contributed by atoms with van der Waals surface area (Å²) in [5.41, 5.74) is 0. The predicted molar refractivity (Wildman–Crippen MR) is 85.0 cm³/mol. The molecule has 20 heavy (non-hydrogen) atoms. The normalized spacial score (nSPS) is 14.4. The Kier molecular flexibility index (Phi) is 15.2. The number of ether oxygens (including phenoxy) is 1. The van der Waals surface area contributed by atoms with Gasteiger partial charge in [-0.3, -0.25) is 0 Å². The van der Waals surface area contributed by atoms with Crippen molar-refractivity contribution < 1.29 is 14.9 Å². The van der Waals surface area contributed by atoms with Gasteiger partial charge in [-0.2, -0.15) is 0 Å². The molecule has 0 rings (SSSR count). The molecule has 0 aromatic carbocycles. The van der Waals surface area contributed by atoms with Crippen LogP contribution in [0.2, 0.25) is 0 Å². The SMILES string of the molecule is CCCCCCC(O)C(O)CCCCCCCOCC. The van der Waals surface area contributed by atoms with E-state index in [1.807, 2.05) is 6.92 Å². The van der Waals surface area contributed by atoms with Crippen molar-refractivity contribution in [2.45, 2.75) is 96.7 Å². The maximum Gasteiger partial charge on any atom is 0.0799 e. The summed E-state index contributed by atoms with van der Waals surface area (Å²) in [7, 11) is 0. The fraction of sp³-hybridized carbons (Fsp3) is 1.00. The van der Waals surface area contributed by atoms with Crippen LogP contribution in [-0.2, 0) is 4.74 Å². The van der Waals surface area contributed by atoms with Gasteiger partial charge in [0.15, 0.2) is 0 Å². The Hall–Kier alpha value is -0.120. The molecule has 0 heterocycles. The first kappa shape index (κ1) is 19.9. The van der Waals surface area contributed by atoms with Crippen LogP contribution in [-0.4, -0.2) is 35.6 Å². The first-order chi connectivity index (χ1) is 9.72. The van der Waals surface area contributed by atoms with E-state index < -0.39 is 12.2 Å². The zero-order valence-electron chi connectivity index (χ0n) is 13.6. The Morgan fingerprint density at radius 1 is 0.700 bits per heavy atom. The molecule has 0 aliphatic heterocycles. The van der Waals surface area contributed by atoms with Gasteiger partial charge in [-0.25, -0.2) is 0 Å². The first-order valence-corrected chi connectivity index (χ1v) is 8.66. The highest BCUT2D eigenvalue weighted by molar-refractivity contribution is 4.67. The zero-order valence-corrected chi connectivity index (χ0v) is 13.6. The van der Waals surface area contributed by atoms with Gasteiger partial charge in [0, 0.05) is 13.2 Å². The highest BCUT2D eigenvalue weighted by Crippen LogP contribution is 2.14. The van der Waals surface area contributed by atoms with Crippen LogP contribution >= 0.6 is 0 Å². The monoisotopic (exact) mass is 288 g/mol. The molecule has 0 aromatic rings. The van der Waals surface area contributed by atoms with Gasteiger partial charge in [0.2, 0.25) is 0 Å². The summed E-state index contributed by atoms with van der Waals surface area (Å²) in [5.74, 6) is 0. The molecule has 0 radical (unpaired) electrons. The van der Waals surface area contributed by atoms with E-state index in [0.29, 0.717) is 0 Å². The number of aliphatic hydroxyl groups is 2. The summed E-state index contributed by atoms with van der Waals surface area (Å²) >= 11 is 0. The molecule has 0 spiro atoms. The minimum Gasteiger partial charge on any atom is -0.390 e. The molecule has 3 heteroatoms. The Labute approximate surface area is 125 Å². The van der Waals surface area contributed by atoms with Crippen molar-refractivity contribution >= 4 is 0 Å². The summed E-state index contributed by atoms with van der Waals surface area (Å²) < 4.78 is 5.29. The lowest BCUT2D eigenvalue weighted by Gasteiger charge is -2.17. The second kappa shape index (κ2) is 15.3. The number of aliphatic hydroxyl groups excluding tert-OH is 2.